The highest BCUT2D eigenvalue weighted by molar-refractivity contribution is 9.10. The van der Waals surface area contributed by atoms with Crippen molar-refractivity contribution >= 4 is 28.0 Å². The molecule has 2 aromatic rings. The molecular formula is C21H25BrN2O6. The van der Waals surface area contributed by atoms with Gasteiger partial charge in [-0.1, -0.05) is 12.1 Å². The van der Waals surface area contributed by atoms with E-state index in [9.17, 15) is 9.59 Å². The summed E-state index contributed by atoms with van der Waals surface area (Å²) < 4.78 is 21.7. The highest BCUT2D eigenvalue weighted by atomic mass is 79.9. The molecule has 162 valence electrons. The van der Waals surface area contributed by atoms with Crippen LogP contribution in [0, 0.1) is 0 Å². The van der Waals surface area contributed by atoms with E-state index in [1.165, 1.54) is 7.11 Å². The molecule has 0 aliphatic heterocycles. The quantitative estimate of drug-likeness (QED) is 0.344. The van der Waals surface area contributed by atoms with Crippen LogP contribution in [0.1, 0.15) is 36.8 Å². The Morgan fingerprint density at radius 2 is 1.70 bits per heavy atom. The molecule has 2 rings (SSSR count). The van der Waals surface area contributed by atoms with Crippen molar-refractivity contribution in [3.05, 3.63) is 52.3 Å². The first-order chi connectivity index (χ1) is 14.2. The summed E-state index contributed by atoms with van der Waals surface area (Å²) in [5, 5.41) is 2.70. The third-order valence-electron chi connectivity index (χ3n) is 3.57. The van der Waals surface area contributed by atoms with Gasteiger partial charge in [-0.25, -0.2) is 14.6 Å². The summed E-state index contributed by atoms with van der Waals surface area (Å²) in [5.74, 6) is 0.391. The number of nitrogens with zero attached hydrogens (tertiary/aromatic N) is 1. The molecule has 0 atom stereocenters. The lowest BCUT2D eigenvalue weighted by Gasteiger charge is -2.19. The van der Waals surface area contributed by atoms with Crippen molar-refractivity contribution in [3.8, 4) is 11.5 Å². The van der Waals surface area contributed by atoms with Gasteiger partial charge in [0, 0.05) is 6.54 Å². The Labute approximate surface area is 184 Å². The zero-order chi connectivity index (χ0) is 22.1. The number of benzene rings is 1. The second-order valence-electron chi connectivity index (χ2n) is 7.17. The third kappa shape index (κ3) is 7.90. The Kier molecular flexibility index (Phi) is 8.46. The number of amides is 1. The normalized spacial score (nSPS) is 10.8. The van der Waals surface area contributed by atoms with Crippen LogP contribution in [0.2, 0.25) is 0 Å². The van der Waals surface area contributed by atoms with Crippen molar-refractivity contribution in [1.29, 1.82) is 0 Å². The van der Waals surface area contributed by atoms with Crippen molar-refractivity contribution in [2.24, 2.45) is 0 Å². The maximum Gasteiger partial charge on any atom is 0.407 e. The number of pyridine rings is 1. The van der Waals surface area contributed by atoms with E-state index in [-0.39, 0.29) is 18.9 Å². The lowest BCUT2D eigenvalue weighted by atomic mass is 10.2. The monoisotopic (exact) mass is 480 g/mol. The molecule has 8 nitrogen and oxygen atoms in total. The second-order valence-corrected chi connectivity index (χ2v) is 7.98. The van der Waals surface area contributed by atoms with Crippen LogP contribution in [0.4, 0.5) is 4.79 Å². The van der Waals surface area contributed by atoms with Crippen LogP contribution in [0.3, 0.4) is 0 Å². The minimum atomic E-state index is -0.581. The molecule has 1 amide bonds. The molecule has 0 saturated carbocycles. The number of alkyl carbamates (subject to hydrolysis) is 1. The molecule has 9 heteroatoms. The number of methoxy groups -OCH3 is 1. The van der Waals surface area contributed by atoms with Gasteiger partial charge >= 0.3 is 12.1 Å². The Morgan fingerprint density at radius 3 is 2.33 bits per heavy atom. The van der Waals surface area contributed by atoms with E-state index in [1.54, 1.807) is 24.3 Å². The van der Waals surface area contributed by atoms with Crippen LogP contribution in [0.5, 0.6) is 11.5 Å². The predicted molar refractivity (Wildman–Crippen MR) is 114 cm³/mol. The Bertz CT molecular complexity index is 865. The summed E-state index contributed by atoms with van der Waals surface area (Å²) in [5.41, 5.74) is 0.468. The fraction of sp³-hybridized carbons (Fsp3) is 0.381. The van der Waals surface area contributed by atoms with Crippen molar-refractivity contribution in [2.45, 2.75) is 32.9 Å². The number of aromatic nitrogens is 1. The molecule has 1 N–H and O–H groups in total. The van der Waals surface area contributed by atoms with Gasteiger partial charge in [-0.2, -0.15) is 0 Å². The topological polar surface area (TPSA) is 96.0 Å². The van der Waals surface area contributed by atoms with E-state index < -0.39 is 17.7 Å². The number of halogens is 1. The Hall–Kier alpha value is -2.81. The molecule has 1 aromatic heterocycles. The number of esters is 1. The molecule has 0 fully saturated rings. The molecule has 0 bridgehead atoms. The van der Waals surface area contributed by atoms with E-state index in [4.69, 9.17) is 18.9 Å². The maximum absolute atomic E-state index is 11.8. The number of hydrogen-bond donors (Lipinski definition) is 1. The van der Waals surface area contributed by atoms with Crippen LogP contribution in [-0.4, -0.2) is 43.0 Å². The SMILES string of the molecule is COC(=O)c1nc(Br)ccc1OCCOc1ccc(CNC(=O)OC(C)(C)C)cc1. The van der Waals surface area contributed by atoms with Gasteiger partial charge < -0.3 is 24.3 Å². The summed E-state index contributed by atoms with van der Waals surface area (Å²) in [4.78, 5) is 27.5. The highest BCUT2D eigenvalue weighted by Crippen LogP contribution is 2.20. The third-order valence-corrected chi connectivity index (χ3v) is 4.01. The minimum Gasteiger partial charge on any atom is -0.490 e. The predicted octanol–water partition coefficient (Wildman–Crippen LogP) is 4.11. The zero-order valence-corrected chi connectivity index (χ0v) is 18.9. The first kappa shape index (κ1) is 23.5. The number of carbonyl (C=O) groups is 2. The van der Waals surface area contributed by atoms with Gasteiger partial charge in [0.15, 0.2) is 11.4 Å². The van der Waals surface area contributed by atoms with E-state index in [2.05, 4.69) is 26.2 Å². The number of rotatable bonds is 8. The second kappa shape index (κ2) is 10.8. The van der Waals surface area contributed by atoms with Crippen LogP contribution in [0.25, 0.3) is 0 Å². The van der Waals surface area contributed by atoms with Gasteiger partial charge in [-0.05, 0) is 66.5 Å². The van der Waals surface area contributed by atoms with E-state index in [0.29, 0.717) is 22.6 Å². The first-order valence-corrected chi connectivity index (χ1v) is 10.0. The average Bonchev–Trinajstić information content (AvgIpc) is 2.69. The molecular weight excluding hydrogens is 456 g/mol. The van der Waals surface area contributed by atoms with Gasteiger partial charge in [0.25, 0.3) is 0 Å². The van der Waals surface area contributed by atoms with Crippen LogP contribution in [-0.2, 0) is 16.0 Å². The van der Waals surface area contributed by atoms with Gasteiger partial charge in [0.2, 0.25) is 0 Å². The molecule has 0 aliphatic carbocycles. The van der Waals surface area contributed by atoms with Gasteiger partial charge in [0.05, 0.1) is 7.11 Å². The molecule has 1 aromatic carbocycles. The van der Waals surface area contributed by atoms with E-state index in [1.807, 2.05) is 32.9 Å². The van der Waals surface area contributed by atoms with Crippen molar-refractivity contribution in [3.63, 3.8) is 0 Å². The molecule has 0 aliphatic rings. The lowest BCUT2D eigenvalue weighted by Crippen LogP contribution is -2.32. The highest BCUT2D eigenvalue weighted by Gasteiger charge is 2.16. The number of ether oxygens (including phenoxy) is 4. The molecule has 0 spiro atoms. The molecule has 30 heavy (non-hydrogen) atoms. The van der Waals surface area contributed by atoms with Crippen molar-refractivity contribution in [1.82, 2.24) is 10.3 Å². The number of hydrogen-bond acceptors (Lipinski definition) is 7. The van der Waals surface area contributed by atoms with Crippen LogP contribution in [0.15, 0.2) is 41.0 Å². The van der Waals surface area contributed by atoms with Crippen molar-refractivity contribution in [2.75, 3.05) is 20.3 Å². The maximum atomic E-state index is 11.8. The lowest BCUT2D eigenvalue weighted by molar-refractivity contribution is 0.0522. The van der Waals surface area contributed by atoms with Gasteiger partial charge in [-0.15, -0.1) is 0 Å². The molecule has 0 saturated heterocycles. The summed E-state index contributed by atoms with van der Waals surface area (Å²) in [6.45, 7) is 6.27. The van der Waals surface area contributed by atoms with E-state index >= 15 is 0 Å². The largest absolute Gasteiger partial charge is 0.490 e. The minimum absolute atomic E-state index is 0.0914. The number of nitrogens with one attached hydrogen (secondary N) is 1. The van der Waals surface area contributed by atoms with Crippen molar-refractivity contribution < 1.29 is 28.5 Å². The number of carbonyl (C=O) groups excluding carboxylic acids is 2. The standard InChI is InChI=1S/C21H25BrN2O6/c1-21(2,3)30-20(26)23-13-14-5-7-15(8-6-14)28-11-12-29-16-9-10-17(22)24-18(16)19(25)27-4/h5-10H,11-13H2,1-4H3,(H,23,26). The summed E-state index contributed by atoms with van der Waals surface area (Å²) in [6.07, 6.45) is -0.464. The van der Waals surface area contributed by atoms with Gasteiger partial charge in [0.1, 0.15) is 29.2 Å². The average molecular weight is 481 g/mol. The molecule has 0 unspecified atom stereocenters. The van der Waals surface area contributed by atoms with Gasteiger partial charge in [-0.3, -0.25) is 0 Å². The summed E-state index contributed by atoms with van der Waals surface area (Å²) in [7, 11) is 1.28. The van der Waals surface area contributed by atoms with Crippen LogP contribution < -0.4 is 14.8 Å². The summed E-state index contributed by atoms with van der Waals surface area (Å²) in [6, 6.07) is 10.6. The molecule has 0 radical (unpaired) electrons. The van der Waals surface area contributed by atoms with E-state index in [0.717, 1.165) is 5.56 Å². The fourth-order valence-corrected chi connectivity index (χ4v) is 2.59. The summed E-state index contributed by atoms with van der Waals surface area (Å²) >= 11 is 3.21. The zero-order valence-electron chi connectivity index (χ0n) is 17.4. The smallest absolute Gasteiger partial charge is 0.407 e. The Balaban J connectivity index is 1.79. The first-order valence-electron chi connectivity index (χ1n) is 9.24. The fourth-order valence-electron chi connectivity index (χ4n) is 2.29. The Morgan fingerprint density at radius 1 is 1.03 bits per heavy atom. The van der Waals surface area contributed by atoms with Crippen LogP contribution >= 0.6 is 15.9 Å². The molecule has 1 heterocycles.